The fraction of sp³-hybridized carbons (Fsp3) is 0.0714. The first-order valence-electron chi connectivity index (χ1n) is 6.12. The van der Waals surface area contributed by atoms with Crippen LogP contribution in [-0.2, 0) is 6.42 Å². The third-order valence-corrected chi connectivity index (χ3v) is 4.30. The molecule has 0 fully saturated rings. The molecule has 1 amide bonds. The molecule has 104 valence electrons. The number of aromatic amines is 1. The largest absolute Gasteiger partial charge is 0.334 e. The molecule has 1 N–H and O–H groups in total. The molecule has 0 bridgehead atoms. The van der Waals surface area contributed by atoms with Gasteiger partial charge in [0.05, 0.1) is 0 Å². The molecule has 0 atom stereocenters. The van der Waals surface area contributed by atoms with Crippen LogP contribution in [0, 0.1) is 9.55 Å². The lowest BCUT2D eigenvalue weighted by Crippen LogP contribution is -1.96. The number of nitrogens with zero attached hydrogens (tertiary/aromatic N) is 2. The number of amides is 1. The smallest absolute Gasteiger partial charge is 0.326 e. The number of rotatable bonds is 3. The van der Waals surface area contributed by atoms with Gasteiger partial charge in [-0.05, 0) is 11.6 Å². The van der Waals surface area contributed by atoms with Crippen LogP contribution in [0.25, 0.3) is 10.2 Å². The Hall–Kier alpha value is -2.25. The lowest BCUT2D eigenvalue weighted by Gasteiger charge is -2.01. The van der Waals surface area contributed by atoms with E-state index in [2.05, 4.69) is 15.1 Å². The summed E-state index contributed by atoms with van der Waals surface area (Å²) in [4.78, 5) is 30.1. The van der Waals surface area contributed by atoms with Crippen LogP contribution in [0.4, 0.5) is 0 Å². The van der Waals surface area contributed by atoms with Crippen molar-refractivity contribution in [3.63, 3.8) is 0 Å². The minimum Gasteiger partial charge on any atom is -0.334 e. The number of nitroso groups, excluding NO2 is 1. The summed E-state index contributed by atoms with van der Waals surface area (Å²) < 4.78 is 0.507. The standard InChI is InChI=1S/C14H9N3O2S2/c18-12(17-19)10-7-9-13(20)15-11(16-14(9)21-10)6-8-4-2-1-3-5-8/h1-5,7H,6H2,(H,15,16,20). The van der Waals surface area contributed by atoms with Gasteiger partial charge in [-0.3, -0.25) is 4.79 Å². The molecule has 0 aliphatic rings. The lowest BCUT2D eigenvalue weighted by molar-refractivity contribution is 0.100. The molecule has 0 saturated carbocycles. The van der Waals surface area contributed by atoms with Crippen molar-refractivity contribution >= 4 is 39.7 Å². The van der Waals surface area contributed by atoms with Crippen molar-refractivity contribution in [1.29, 1.82) is 0 Å². The molecule has 3 aromatic rings. The van der Waals surface area contributed by atoms with E-state index in [1.54, 1.807) is 6.07 Å². The van der Waals surface area contributed by atoms with Gasteiger partial charge in [0.15, 0.2) is 0 Å². The minimum absolute atomic E-state index is 0.254. The maximum absolute atomic E-state index is 11.3. The molecular weight excluding hydrogens is 306 g/mol. The van der Waals surface area contributed by atoms with Crippen LogP contribution < -0.4 is 0 Å². The van der Waals surface area contributed by atoms with Crippen LogP contribution in [0.15, 0.2) is 41.6 Å². The van der Waals surface area contributed by atoms with Gasteiger partial charge in [0.1, 0.15) is 20.2 Å². The molecule has 5 nitrogen and oxygen atoms in total. The Morgan fingerprint density at radius 3 is 2.81 bits per heavy atom. The number of hydrogen-bond acceptors (Lipinski definition) is 5. The fourth-order valence-electron chi connectivity index (χ4n) is 2.00. The van der Waals surface area contributed by atoms with Gasteiger partial charge in [-0.2, -0.15) is 0 Å². The number of nitrogens with one attached hydrogen (secondary N) is 1. The summed E-state index contributed by atoms with van der Waals surface area (Å²) in [7, 11) is 0. The van der Waals surface area contributed by atoms with Crippen LogP contribution in [-0.4, -0.2) is 15.9 Å². The van der Waals surface area contributed by atoms with Gasteiger partial charge < -0.3 is 4.98 Å². The first kappa shape index (κ1) is 13.7. The highest BCUT2D eigenvalue weighted by molar-refractivity contribution is 7.71. The van der Waals surface area contributed by atoms with Gasteiger partial charge in [-0.15, -0.1) is 16.2 Å². The Morgan fingerprint density at radius 2 is 2.10 bits per heavy atom. The number of fused-ring (bicyclic) bond motifs is 1. The highest BCUT2D eigenvalue weighted by Crippen LogP contribution is 2.25. The van der Waals surface area contributed by atoms with E-state index >= 15 is 0 Å². The van der Waals surface area contributed by atoms with Crippen molar-refractivity contribution in [2.75, 3.05) is 0 Å². The van der Waals surface area contributed by atoms with E-state index in [0.29, 0.717) is 21.3 Å². The Morgan fingerprint density at radius 1 is 1.33 bits per heavy atom. The number of H-pyrrole nitrogens is 1. The maximum Gasteiger partial charge on any atom is 0.326 e. The molecule has 0 spiro atoms. The van der Waals surface area contributed by atoms with Crippen LogP contribution in [0.2, 0.25) is 0 Å². The summed E-state index contributed by atoms with van der Waals surface area (Å²) >= 11 is 6.41. The molecule has 2 heterocycles. The van der Waals surface area contributed by atoms with Gasteiger partial charge in [0.2, 0.25) is 0 Å². The molecule has 0 aliphatic heterocycles. The van der Waals surface area contributed by atoms with Crippen LogP contribution in [0.5, 0.6) is 0 Å². The second-order valence-electron chi connectivity index (χ2n) is 4.40. The zero-order valence-corrected chi connectivity index (χ0v) is 12.3. The zero-order chi connectivity index (χ0) is 14.8. The fourth-order valence-corrected chi connectivity index (χ4v) is 3.27. The molecule has 1 aromatic carbocycles. The molecule has 21 heavy (non-hydrogen) atoms. The third-order valence-electron chi connectivity index (χ3n) is 2.96. The first-order valence-corrected chi connectivity index (χ1v) is 7.34. The maximum atomic E-state index is 11.3. The monoisotopic (exact) mass is 315 g/mol. The molecule has 3 rings (SSSR count). The highest BCUT2D eigenvalue weighted by atomic mass is 32.1. The van der Waals surface area contributed by atoms with E-state index < -0.39 is 5.91 Å². The molecular formula is C14H9N3O2S2. The Balaban J connectivity index is 2.04. The molecule has 0 aliphatic carbocycles. The van der Waals surface area contributed by atoms with Crippen molar-refractivity contribution in [3.8, 4) is 0 Å². The van der Waals surface area contributed by atoms with Crippen molar-refractivity contribution in [1.82, 2.24) is 9.97 Å². The van der Waals surface area contributed by atoms with Crippen molar-refractivity contribution in [3.05, 3.63) is 62.2 Å². The predicted octanol–water partition coefficient (Wildman–Crippen LogP) is 3.85. The van der Waals surface area contributed by atoms with Crippen LogP contribution in [0.3, 0.4) is 0 Å². The van der Waals surface area contributed by atoms with E-state index in [0.717, 1.165) is 22.7 Å². The second kappa shape index (κ2) is 5.63. The lowest BCUT2D eigenvalue weighted by atomic mass is 10.1. The summed E-state index contributed by atoms with van der Waals surface area (Å²) in [6, 6.07) is 11.4. The number of hydrogen-bond donors (Lipinski definition) is 1. The molecule has 0 saturated heterocycles. The number of carbonyl (C=O) groups excluding carboxylic acids is 1. The van der Waals surface area contributed by atoms with Gasteiger partial charge in [-0.25, -0.2) is 4.98 Å². The number of aromatic nitrogens is 2. The van der Waals surface area contributed by atoms with Crippen LogP contribution in [0.1, 0.15) is 21.1 Å². The summed E-state index contributed by atoms with van der Waals surface area (Å²) in [5.41, 5.74) is 1.11. The van der Waals surface area contributed by atoms with Gasteiger partial charge >= 0.3 is 5.91 Å². The normalized spacial score (nSPS) is 10.7. The van der Waals surface area contributed by atoms with E-state index in [9.17, 15) is 9.70 Å². The van der Waals surface area contributed by atoms with E-state index in [4.69, 9.17) is 12.2 Å². The van der Waals surface area contributed by atoms with Gasteiger partial charge in [0, 0.05) is 17.0 Å². The number of benzene rings is 1. The Kier molecular flexibility index (Phi) is 3.68. The minimum atomic E-state index is -0.794. The highest BCUT2D eigenvalue weighted by Gasteiger charge is 2.13. The zero-order valence-electron chi connectivity index (χ0n) is 10.7. The second-order valence-corrected chi connectivity index (χ2v) is 5.84. The number of thiophene rings is 1. The SMILES string of the molecule is O=NC(=O)c1cc2c(=S)[nH]c(Cc3ccccc3)nc2s1. The first-order chi connectivity index (χ1) is 10.2. The number of carbonyl (C=O) groups is 1. The molecule has 0 radical (unpaired) electrons. The summed E-state index contributed by atoms with van der Waals surface area (Å²) in [5, 5.41) is 3.09. The Labute approximate surface area is 128 Å². The summed E-state index contributed by atoms with van der Waals surface area (Å²) in [6.07, 6.45) is 0.619. The molecule has 0 unspecified atom stereocenters. The van der Waals surface area contributed by atoms with Gasteiger partial charge in [0.25, 0.3) is 0 Å². The Bertz CT molecular complexity index is 884. The molecule has 7 heteroatoms. The van der Waals surface area contributed by atoms with Gasteiger partial charge in [-0.1, -0.05) is 42.5 Å². The predicted molar refractivity (Wildman–Crippen MR) is 84.2 cm³/mol. The summed E-state index contributed by atoms with van der Waals surface area (Å²) in [6.45, 7) is 0. The van der Waals surface area contributed by atoms with Crippen molar-refractivity contribution < 1.29 is 4.79 Å². The van der Waals surface area contributed by atoms with Crippen molar-refractivity contribution in [2.24, 2.45) is 5.18 Å². The quantitative estimate of drug-likeness (QED) is 0.588. The summed E-state index contributed by atoms with van der Waals surface area (Å²) in [5.74, 6) is -0.0735. The van der Waals surface area contributed by atoms with E-state index in [1.165, 1.54) is 0 Å². The average molecular weight is 315 g/mol. The van der Waals surface area contributed by atoms with E-state index in [-0.39, 0.29) is 4.88 Å². The van der Waals surface area contributed by atoms with Crippen molar-refractivity contribution in [2.45, 2.75) is 6.42 Å². The average Bonchev–Trinajstić information content (AvgIpc) is 2.92. The molecule has 2 aromatic heterocycles. The van der Waals surface area contributed by atoms with E-state index in [1.807, 2.05) is 30.3 Å². The van der Waals surface area contributed by atoms with Crippen LogP contribution >= 0.6 is 23.6 Å². The third kappa shape index (κ3) is 2.79. The topological polar surface area (TPSA) is 75.2 Å².